The lowest BCUT2D eigenvalue weighted by Crippen LogP contribution is -2.49. The number of terminal acetylenes is 1. The third-order valence-electron chi connectivity index (χ3n) is 8.02. The van der Waals surface area contributed by atoms with Crippen molar-refractivity contribution in [3.63, 3.8) is 0 Å². The summed E-state index contributed by atoms with van der Waals surface area (Å²) in [5.74, 6) is 3.01. The molecule has 0 saturated carbocycles. The number of hydrogen-bond donors (Lipinski definition) is 1. The van der Waals surface area contributed by atoms with Crippen LogP contribution in [0.4, 0.5) is 5.69 Å². The Balaban J connectivity index is 1.46. The van der Waals surface area contributed by atoms with E-state index < -0.39 is 6.04 Å². The predicted octanol–water partition coefficient (Wildman–Crippen LogP) is 1.53. The maximum atomic E-state index is 12.3. The van der Waals surface area contributed by atoms with E-state index in [-0.39, 0.29) is 12.3 Å². The highest BCUT2D eigenvalue weighted by atomic mass is 16.5. The number of likely N-dealkylation sites (N-methyl/N-ethyl adjacent to an activating group) is 1. The van der Waals surface area contributed by atoms with Crippen LogP contribution in [0.25, 0.3) is 0 Å². The van der Waals surface area contributed by atoms with Crippen molar-refractivity contribution in [1.29, 1.82) is 0 Å². The van der Waals surface area contributed by atoms with Gasteiger partial charge in [-0.25, -0.2) is 0 Å². The Bertz CT molecular complexity index is 965. The number of benzene rings is 1. The average molecular weight is 540 g/mol. The predicted molar refractivity (Wildman–Crippen MR) is 153 cm³/mol. The molecule has 0 aliphatic carbocycles. The van der Waals surface area contributed by atoms with Crippen molar-refractivity contribution in [3.05, 3.63) is 29.3 Å². The number of anilines is 1. The summed E-state index contributed by atoms with van der Waals surface area (Å²) in [7, 11) is 1.54. The Kier molecular flexibility index (Phi) is 12.7. The van der Waals surface area contributed by atoms with Gasteiger partial charge in [0.15, 0.2) is 0 Å². The summed E-state index contributed by atoms with van der Waals surface area (Å²) in [5.41, 5.74) is 3.28. The first-order valence-corrected chi connectivity index (χ1v) is 14.2. The number of rotatable bonds is 15. The number of hydrogen-bond acceptors (Lipinski definition) is 7. The topological polar surface area (TPSA) is 85.4 Å². The number of nitrogens with one attached hydrogen (secondary N) is 1. The molecular formula is C30H45N5O4. The van der Waals surface area contributed by atoms with E-state index in [4.69, 9.17) is 11.2 Å². The fraction of sp³-hybridized carbons (Fsp3) is 0.633. The lowest BCUT2D eigenvalue weighted by atomic mass is 9.96. The van der Waals surface area contributed by atoms with Crippen molar-refractivity contribution in [2.24, 2.45) is 5.92 Å². The normalized spacial score (nSPS) is 17.8. The van der Waals surface area contributed by atoms with Crippen molar-refractivity contribution < 1.29 is 19.1 Å². The van der Waals surface area contributed by atoms with E-state index in [1.54, 1.807) is 7.05 Å². The first-order valence-electron chi connectivity index (χ1n) is 14.2. The third kappa shape index (κ3) is 9.34. The van der Waals surface area contributed by atoms with Crippen molar-refractivity contribution in [3.8, 4) is 12.3 Å². The number of aryl methyl sites for hydroxylation is 1. The number of carbonyl (C=O) groups is 3. The SMILES string of the molecule is C#CCOCCN1CCC(CN2CCN(c3ccc(CN(C=O)C(CCC=O)C(=O)NC)c(C)c3)CC2)CC1. The average Bonchev–Trinajstić information content (AvgIpc) is 2.96. The molecule has 39 heavy (non-hydrogen) atoms. The van der Waals surface area contributed by atoms with Crippen LogP contribution in [0.3, 0.4) is 0 Å². The van der Waals surface area contributed by atoms with Crippen LogP contribution in [0.2, 0.25) is 0 Å². The van der Waals surface area contributed by atoms with Gasteiger partial charge in [-0.2, -0.15) is 0 Å². The number of aldehydes is 1. The first-order chi connectivity index (χ1) is 19.0. The molecule has 1 aromatic rings. The van der Waals surface area contributed by atoms with Gasteiger partial charge in [-0.3, -0.25) is 14.5 Å². The first kappa shape index (κ1) is 30.6. The summed E-state index contributed by atoms with van der Waals surface area (Å²) in [6, 6.07) is 5.69. The number of piperidine rings is 1. The zero-order chi connectivity index (χ0) is 28.0. The van der Waals surface area contributed by atoms with E-state index in [1.807, 2.05) is 6.92 Å². The van der Waals surface area contributed by atoms with Gasteiger partial charge in [-0.1, -0.05) is 12.0 Å². The number of carbonyl (C=O) groups excluding carboxylic acids is 3. The van der Waals surface area contributed by atoms with Gasteiger partial charge in [0.05, 0.1) is 6.61 Å². The highest BCUT2D eigenvalue weighted by Crippen LogP contribution is 2.24. The van der Waals surface area contributed by atoms with Crippen molar-refractivity contribution >= 4 is 24.3 Å². The zero-order valence-corrected chi connectivity index (χ0v) is 23.6. The van der Waals surface area contributed by atoms with Crippen LogP contribution in [-0.4, -0.2) is 112 Å². The van der Waals surface area contributed by atoms with Crippen LogP contribution in [-0.2, 0) is 25.7 Å². The van der Waals surface area contributed by atoms with Crippen molar-refractivity contribution in [1.82, 2.24) is 20.0 Å². The fourth-order valence-electron chi connectivity index (χ4n) is 5.58. The molecule has 2 fully saturated rings. The van der Waals surface area contributed by atoms with E-state index in [9.17, 15) is 14.4 Å². The molecule has 2 saturated heterocycles. The smallest absolute Gasteiger partial charge is 0.242 e. The van der Waals surface area contributed by atoms with Gasteiger partial charge in [-0.05, 0) is 68.5 Å². The molecular weight excluding hydrogens is 494 g/mol. The van der Waals surface area contributed by atoms with Gasteiger partial charge in [0.1, 0.15) is 18.9 Å². The maximum absolute atomic E-state index is 12.3. The third-order valence-corrected chi connectivity index (χ3v) is 8.02. The molecule has 0 bridgehead atoms. The maximum Gasteiger partial charge on any atom is 0.242 e. The van der Waals surface area contributed by atoms with Crippen molar-refractivity contribution in [2.75, 3.05) is 77.5 Å². The van der Waals surface area contributed by atoms with Crippen LogP contribution in [0.5, 0.6) is 0 Å². The minimum atomic E-state index is -0.662. The molecule has 1 unspecified atom stereocenters. The number of amides is 2. The number of piperazine rings is 1. The molecule has 9 heteroatoms. The van der Waals surface area contributed by atoms with Crippen LogP contribution >= 0.6 is 0 Å². The van der Waals surface area contributed by atoms with Crippen LogP contribution < -0.4 is 10.2 Å². The Morgan fingerprint density at radius 1 is 1.18 bits per heavy atom. The van der Waals surface area contributed by atoms with E-state index >= 15 is 0 Å². The standard InChI is InChI=1S/C30H45N5O4/c1-4-19-39-20-17-32-11-9-26(10-12-32)22-33-13-15-34(16-14-33)28-8-7-27(25(2)21-28)23-35(24-37)29(6-5-18-36)30(38)31-3/h1,7-8,18,21,24,26,29H,5-6,9-17,19-20,22-23H2,2-3H3,(H,31,38). The summed E-state index contributed by atoms with van der Waals surface area (Å²) in [4.78, 5) is 44.0. The van der Waals surface area contributed by atoms with Gasteiger partial charge >= 0.3 is 0 Å². The second-order valence-electron chi connectivity index (χ2n) is 10.6. The summed E-state index contributed by atoms with van der Waals surface area (Å²) in [6.07, 6.45) is 9.74. The van der Waals surface area contributed by atoms with Gasteiger partial charge in [0.25, 0.3) is 0 Å². The highest BCUT2D eigenvalue weighted by molar-refractivity contribution is 5.83. The molecule has 1 aromatic carbocycles. The molecule has 0 radical (unpaired) electrons. The minimum Gasteiger partial charge on any atom is -0.369 e. The monoisotopic (exact) mass is 539 g/mol. The lowest BCUT2D eigenvalue weighted by Gasteiger charge is -2.39. The molecule has 9 nitrogen and oxygen atoms in total. The molecule has 214 valence electrons. The number of ether oxygens (including phenoxy) is 1. The number of likely N-dealkylation sites (tertiary alicyclic amines) is 1. The second kappa shape index (κ2) is 16.2. The second-order valence-corrected chi connectivity index (χ2v) is 10.6. The molecule has 2 aliphatic rings. The molecule has 1 N–H and O–H groups in total. The van der Waals surface area contributed by atoms with E-state index in [2.05, 4.69) is 44.1 Å². The molecule has 2 heterocycles. The van der Waals surface area contributed by atoms with E-state index in [0.29, 0.717) is 32.6 Å². The Labute approximate surface area is 233 Å². The van der Waals surface area contributed by atoms with E-state index in [0.717, 1.165) is 69.1 Å². The molecule has 1 atom stereocenters. The summed E-state index contributed by atoms with van der Waals surface area (Å²) in [5, 5.41) is 2.61. The van der Waals surface area contributed by atoms with Crippen LogP contribution in [0.15, 0.2) is 18.2 Å². The highest BCUT2D eigenvalue weighted by Gasteiger charge is 2.26. The molecule has 2 aliphatic heterocycles. The largest absolute Gasteiger partial charge is 0.369 e. The fourth-order valence-corrected chi connectivity index (χ4v) is 5.58. The lowest BCUT2D eigenvalue weighted by molar-refractivity contribution is -0.133. The molecule has 0 aromatic heterocycles. The van der Waals surface area contributed by atoms with Crippen molar-refractivity contribution in [2.45, 2.75) is 45.2 Å². The molecule has 0 spiro atoms. The quantitative estimate of drug-likeness (QED) is 0.206. The van der Waals surface area contributed by atoms with Crippen LogP contribution in [0.1, 0.15) is 36.8 Å². The molecule has 2 amide bonds. The van der Waals surface area contributed by atoms with E-state index in [1.165, 1.54) is 30.0 Å². The summed E-state index contributed by atoms with van der Waals surface area (Å²) in [6.45, 7) is 12.0. The van der Waals surface area contributed by atoms with Gasteiger partial charge in [0, 0.05) is 65.0 Å². The van der Waals surface area contributed by atoms with Crippen LogP contribution in [0, 0.1) is 25.2 Å². The van der Waals surface area contributed by atoms with Gasteiger partial charge in [0.2, 0.25) is 12.3 Å². The zero-order valence-electron chi connectivity index (χ0n) is 23.6. The minimum absolute atomic E-state index is 0.231. The Morgan fingerprint density at radius 3 is 2.54 bits per heavy atom. The number of nitrogens with zero attached hydrogens (tertiary/aromatic N) is 4. The van der Waals surface area contributed by atoms with Gasteiger partial charge < -0.3 is 29.5 Å². The Hall–Kier alpha value is -2.93. The Morgan fingerprint density at radius 2 is 1.92 bits per heavy atom. The summed E-state index contributed by atoms with van der Waals surface area (Å²) >= 11 is 0. The summed E-state index contributed by atoms with van der Waals surface area (Å²) < 4.78 is 5.42. The van der Waals surface area contributed by atoms with Gasteiger partial charge in [-0.15, -0.1) is 6.42 Å². The molecule has 3 rings (SSSR count).